The van der Waals surface area contributed by atoms with Gasteiger partial charge in [0.15, 0.2) is 10.7 Å². The number of aryl methyl sites for hydroxylation is 1. The predicted molar refractivity (Wildman–Crippen MR) is 54.0 cm³/mol. The van der Waals surface area contributed by atoms with Gasteiger partial charge in [-0.2, -0.15) is 0 Å². The molecule has 14 heavy (non-hydrogen) atoms. The Hall–Kier alpha value is -1.36. The Bertz CT molecular complexity index is 441. The van der Waals surface area contributed by atoms with Crippen molar-refractivity contribution in [1.82, 2.24) is 9.38 Å². The fraction of sp³-hybridized carbons (Fsp3) is 0.333. The van der Waals surface area contributed by atoms with Gasteiger partial charge in [-0.05, 0) is 6.42 Å². The summed E-state index contributed by atoms with van der Waals surface area (Å²) in [5.41, 5.74) is 0.110. The third-order valence-corrected chi connectivity index (χ3v) is 2.98. The highest BCUT2D eigenvalue weighted by molar-refractivity contribution is 7.17. The molecule has 0 aromatic carbocycles. The molecule has 0 saturated heterocycles. The summed E-state index contributed by atoms with van der Waals surface area (Å²) in [5, 5.41) is 8.71. The van der Waals surface area contributed by atoms with Crippen LogP contribution in [0.3, 0.4) is 0 Å². The lowest BCUT2D eigenvalue weighted by Gasteiger charge is -1.87. The maximum absolute atomic E-state index is 10.6. The molecule has 2 heterocycles. The second-order valence-electron chi connectivity index (χ2n) is 3.07. The minimum absolute atomic E-state index is 0.110. The van der Waals surface area contributed by atoms with Crippen molar-refractivity contribution < 1.29 is 9.90 Å². The number of rotatable bonds is 3. The molecule has 0 aliphatic heterocycles. The molecule has 4 nitrogen and oxygen atoms in total. The molecule has 0 bridgehead atoms. The number of hydrogen-bond donors (Lipinski definition) is 1. The third-order valence-electron chi connectivity index (χ3n) is 1.92. The van der Waals surface area contributed by atoms with Crippen LogP contribution in [0, 0.1) is 0 Å². The smallest absolute Gasteiger partial charge is 0.356 e. The Labute approximate surface area is 84.8 Å². The number of hydrogen-bond acceptors (Lipinski definition) is 3. The summed E-state index contributed by atoms with van der Waals surface area (Å²) in [6.45, 7) is 2.12. The summed E-state index contributed by atoms with van der Waals surface area (Å²) < 4.78 is 1.78. The molecule has 5 heteroatoms. The van der Waals surface area contributed by atoms with Crippen LogP contribution in [0.2, 0.25) is 0 Å². The van der Waals surface area contributed by atoms with Crippen LogP contribution in [0.5, 0.6) is 0 Å². The van der Waals surface area contributed by atoms with Gasteiger partial charge in [0, 0.05) is 17.3 Å². The maximum Gasteiger partial charge on any atom is 0.356 e. The van der Waals surface area contributed by atoms with E-state index in [0.29, 0.717) is 0 Å². The van der Waals surface area contributed by atoms with Gasteiger partial charge in [0.1, 0.15) is 0 Å². The van der Waals surface area contributed by atoms with Gasteiger partial charge in [-0.25, -0.2) is 9.78 Å². The summed E-state index contributed by atoms with van der Waals surface area (Å²) in [7, 11) is 0. The summed E-state index contributed by atoms with van der Waals surface area (Å²) in [5.74, 6) is -0.974. The van der Waals surface area contributed by atoms with E-state index in [4.69, 9.17) is 5.11 Å². The van der Waals surface area contributed by atoms with E-state index >= 15 is 0 Å². The van der Waals surface area contributed by atoms with Crippen molar-refractivity contribution in [1.29, 1.82) is 0 Å². The van der Waals surface area contributed by atoms with Gasteiger partial charge in [-0.15, -0.1) is 11.3 Å². The maximum atomic E-state index is 10.6. The van der Waals surface area contributed by atoms with Crippen LogP contribution < -0.4 is 0 Å². The zero-order valence-electron chi connectivity index (χ0n) is 7.73. The van der Waals surface area contributed by atoms with Gasteiger partial charge in [-0.1, -0.05) is 13.3 Å². The molecule has 0 radical (unpaired) electrons. The van der Waals surface area contributed by atoms with E-state index in [1.165, 1.54) is 4.88 Å². The first kappa shape index (κ1) is 9.21. The van der Waals surface area contributed by atoms with Crippen molar-refractivity contribution in [3.63, 3.8) is 0 Å². The molecular formula is C9H10N2O2S. The topological polar surface area (TPSA) is 54.6 Å². The fourth-order valence-corrected chi connectivity index (χ4v) is 2.37. The Morgan fingerprint density at radius 3 is 3.00 bits per heavy atom. The molecule has 0 unspecified atom stereocenters. The fourth-order valence-electron chi connectivity index (χ4n) is 1.31. The lowest BCUT2D eigenvalue weighted by atomic mass is 10.3. The molecular weight excluding hydrogens is 200 g/mol. The van der Waals surface area contributed by atoms with Gasteiger partial charge in [0.05, 0.1) is 0 Å². The van der Waals surface area contributed by atoms with Crippen LogP contribution in [0.1, 0.15) is 28.7 Å². The Balaban J connectivity index is 2.40. The normalized spacial score (nSPS) is 10.9. The van der Waals surface area contributed by atoms with Crippen LogP contribution in [0.4, 0.5) is 0 Å². The Morgan fingerprint density at radius 1 is 1.64 bits per heavy atom. The highest BCUT2D eigenvalue weighted by Gasteiger charge is 2.10. The lowest BCUT2D eigenvalue weighted by Crippen LogP contribution is -1.95. The van der Waals surface area contributed by atoms with Crippen LogP contribution in [0.25, 0.3) is 4.96 Å². The molecule has 0 fully saturated rings. The molecule has 0 atom stereocenters. The highest BCUT2D eigenvalue weighted by Crippen LogP contribution is 2.19. The number of aromatic carboxylic acids is 1. The zero-order valence-corrected chi connectivity index (χ0v) is 8.54. The van der Waals surface area contributed by atoms with Crippen LogP contribution in [-0.2, 0) is 6.42 Å². The van der Waals surface area contributed by atoms with Gasteiger partial charge in [0.2, 0.25) is 0 Å². The lowest BCUT2D eigenvalue weighted by molar-refractivity contribution is 0.0691. The monoisotopic (exact) mass is 210 g/mol. The second-order valence-corrected chi connectivity index (χ2v) is 4.16. The molecule has 0 amide bonds. The number of aromatic nitrogens is 2. The number of nitrogens with zero attached hydrogens (tertiary/aromatic N) is 2. The molecule has 2 aromatic rings. The van der Waals surface area contributed by atoms with E-state index in [9.17, 15) is 4.79 Å². The quantitative estimate of drug-likeness (QED) is 0.843. The molecule has 2 rings (SSSR count). The zero-order chi connectivity index (χ0) is 10.1. The average Bonchev–Trinajstić information content (AvgIpc) is 2.61. The van der Waals surface area contributed by atoms with Crippen molar-refractivity contribution >= 4 is 22.3 Å². The first-order valence-corrected chi connectivity index (χ1v) is 5.23. The van der Waals surface area contributed by atoms with Crippen molar-refractivity contribution in [2.75, 3.05) is 0 Å². The predicted octanol–water partition coefficient (Wildman–Crippen LogP) is 2.05. The summed E-state index contributed by atoms with van der Waals surface area (Å²) >= 11 is 1.55. The minimum Gasteiger partial charge on any atom is -0.476 e. The van der Waals surface area contributed by atoms with Crippen LogP contribution in [-0.4, -0.2) is 20.5 Å². The number of carboxylic acids is 1. The van der Waals surface area contributed by atoms with Crippen LogP contribution >= 0.6 is 11.3 Å². The summed E-state index contributed by atoms with van der Waals surface area (Å²) in [6.07, 6.45) is 5.61. The number of thiazole rings is 1. The molecule has 74 valence electrons. The second kappa shape index (κ2) is 3.42. The van der Waals surface area contributed by atoms with Crippen molar-refractivity contribution in [3.8, 4) is 0 Å². The molecule has 2 aromatic heterocycles. The van der Waals surface area contributed by atoms with E-state index in [2.05, 4.69) is 11.9 Å². The van der Waals surface area contributed by atoms with E-state index in [1.54, 1.807) is 21.9 Å². The number of fused-ring (bicyclic) bond motifs is 1. The summed E-state index contributed by atoms with van der Waals surface area (Å²) in [4.78, 5) is 16.6. The first-order valence-electron chi connectivity index (χ1n) is 4.41. The van der Waals surface area contributed by atoms with E-state index in [-0.39, 0.29) is 5.69 Å². The third kappa shape index (κ3) is 1.50. The first-order chi connectivity index (χ1) is 6.70. The van der Waals surface area contributed by atoms with Crippen molar-refractivity contribution in [3.05, 3.63) is 23.0 Å². The highest BCUT2D eigenvalue weighted by atomic mass is 32.1. The van der Waals surface area contributed by atoms with Crippen LogP contribution in [0.15, 0.2) is 12.4 Å². The average molecular weight is 210 g/mol. The SMILES string of the molecule is CCCc1cn2cc(C(=O)O)nc2s1. The van der Waals surface area contributed by atoms with Gasteiger partial charge < -0.3 is 5.11 Å². The molecule has 0 aliphatic carbocycles. The molecule has 0 aliphatic rings. The van der Waals surface area contributed by atoms with Gasteiger partial charge >= 0.3 is 5.97 Å². The van der Waals surface area contributed by atoms with Gasteiger partial charge in [0.25, 0.3) is 0 Å². The van der Waals surface area contributed by atoms with E-state index < -0.39 is 5.97 Å². The van der Waals surface area contributed by atoms with E-state index in [1.807, 2.05) is 6.20 Å². The standard InChI is InChI=1S/C9H10N2O2S/c1-2-3-6-4-11-5-7(8(12)13)10-9(11)14-6/h4-5H,2-3H2,1H3,(H,12,13). The Kier molecular flexibility index (Phi) is 2.25. The number of carbonyl (C=O) groups is 1. The molecule has 0 saturated carbocycles. The molecule has 1 N–H and O–H groups in total. The number of imidazole rings is 1. The number of carboxylic acid groups (broad SMARTS) is 1. The largest absolute Gasteiger partial charge is 0.476 e. The van der Waals surface area contributed by atoms with Crippen molar-refractivity contribution in [2.45, 2.75) is 19.8 Å². The molecule has 0 spiro atoms. The van der Waals surface area contributed by atoms with Gasteiger partial charge in [-0.3, -0.25) is 4.40 Å². The Morgan fingerprint density at radius 2 is 2.43 bits per heavy atom. The minimum atomic E-state index is -0.974. The van der Waals surface area contributed by atoms with Crippen molar-refractivity contribution in [2.24, 2.45) is 0 Å². The summed E-state index contributed by atoms with van der Waals surface area (Å²) in [6, 6.07) is 0. The van der Waals surface area contributed by atoms with E-state index in [0.717, 1.165) is 17.8 Å².